The second kappa shape index (κ2) is 5.34. The monoisotopic (exact) mass is 331 g/mol. The van der Waals surface area contributed by atoms with Gasteiger partial charge in [-0.25, -0.2) is 9.97 Å². The van der Waals surface area contributed by atoms with Crippen LogP contribution in [0.15, 0.2) is 47.3 Å². The third-order valence-corrected chi connectivity index (χ3v) is 3.52. The summed E-state index contributed by atoms with van der Waals surface area (Å²) in [5.74, 6) is 0. The highest BCUT2D eigenvalue weighted by molar-refractivity contribution is 9.10. The minimum absolute atomic E-state index is 0.358. The molecule has 5 heteroatoms. The predicted octanol–water partition coefficient (Wildman–Crippen LogP) is 3.08. The van der Waals surface area contributed by atoms with Gasteiger partial charge in [-0.15, -0.1) is 0 Å². The summed E-state index contributed by atoms with van der Waals surface area (Å²) in [7, 11) is 0. The van der Waals surface area contributed by atoms with Gasteiger partial charge in [-0.3, -0.25) is 4.40 Å². The van der Waals surface area contributed by atoms with Gasteiger partial charge in [0.2, 0.25) is 0 Å². The summed E-state index contributed by atoms with van der Waals surface area (Å²) in [5.41, 5.74) is 3.74. The van der Waals surface area contributed by atoms with Gasteiger partial charge < -0.3 is 5.11 Å². The quantitative estimate of drug-likeness (QED) is 0.750. The maximum absolute atomic E-state index is 9.51. The molecule has 0 aliphatic carbocycles. The predicted molar refractivity (Wildman–Crippen MR) is 81.5 cm³/mol. The molecular weight excluding hydrogens is 318 g/mol. The number of hydrogen-bond acceptors (Lipinski definition) is 3. The van der Waals surface area contributed by atoms with Crippen molar-refractivity contribution in [3.8, 4) is 11.4 Å². The van der Waals surface area contributed by atoms with Gasteiger partial charge in [0.1, 0.15) is 10.3 Å². The van der Waals surface area contributed by atoms with E-state index in [1.165, 1.54) is 0 Å². The van der Waals surface area contributed by atoms with E-state index in [4.69, 9.17) is 0 Å². The van der Waals surface area contributed by atoms with E-state index in [0.29, 0.717) is 6.42 Å². The summed E-state index contributed by atoms with van der Waals surface area (Å²) in [6.45, 7) is 1.79. The molecule has 0 radical (unpaired) electrons. The van der Waals surface area contributed by atoms with Crippen LogP contribution in [0, 0.1) is 0 Å². The molecule has 3 heterocycles. The number of aliphatic hydroxyl groups excluding tert-OH is 1. The number of pyridine rings is 2. The first-order valence-electron chi connectivity index (χ1n) is 6.40. The molecule has 0 saturated carbocycles. The minimum Gasteiger partial charge on any atom is -0.393 e. The number of rotatable bonds is 3. The largest absolute Gasteiger partial charge is 0.393 e. The summed E-state index contributed by atoms with van der Waals surface area (Å²) in [4.78, 5) is 8.85. The fourth-order valence-corrected chi connectivity index (χ4v) is 2.57. The van der Waals surface area contributed by atoms with Crippen LogP contribution in [-0.4, -0.2) is 25.6 Å². The second-order valence-corrected chi connectivity index (χ2v) is 5.62. The van der Waals surface area contributed by atoms with Crippen molar-refractivity contribution in [2.45, 2.75) is 19.4 Å². The molecule has 3 aromatic rings. The summed E-state index contributed by atoms with van der Waals surface area (Å²) in [6.07, 6.45) is 4.09. The van der Waals surface area contributed by atoms with Gasteiger partial charge in [-0.2, -0.15) is 0 Å². The van der Waals surface area contributed by atoms with Crippen LogP contribution in [0.5, 0.6) is 0 Å². The van der Waals surface area contributed by atoms with Gasteiger partial charge in [0, 0.05) is 6.20 Å². The van der Waals surface area contributed by atoms with Gasteiger partial charge in [-0.1, -0.05) is 12.1 Å². The average Bonchev–Trinajstić information content (AvgIpc) is 2.81. The van der Waals surface area contributed by atoms with Crippen LogP contribution in [0.2, 0.25) is 0 Å². The smallest absolute Gasteiger partial charge is 0.137 e. The SMILES string of the molecule is CC(O)Cc1ccc2ncc(-c3cccc(Br)n3)n2c1. The Hall–Kier alpha value is -1.72. The molecule has 0 aliphatic heterocycles. The van der Waals surface area contributed by atoms with E-state index < -0.39 is 0 Å². The fourth-order valence-electron chi connectivity index (χ4n) is 2.23. The molecule has 3 aromatic heterocycles. The normalized spacial score (nSPS) is 12.8. The molecule has 102 valence electrons. The molecule has 4 nitrogen and oxygen atoms in total. The molecule has 3 rings (SSSR count). The molecule has 0 spiro atoms. The van der Waals surface area contributed by atoms with E-state index in [-0.39, 0.29) is 6.10 Å². The molecule has 1 atom stereocenters. The van der Waals surface area contributed by atoms with Crippen molar-refractivity contribution >= 4 is 21.6 Å². The van der Waals surface area contributed by atoms with E-state index in [1.807, 2.05) is 47.1 Å². The Morgan fingerprint density at radius 2 is 2.15 bits per heavy atom. The third kappa shape index (κ3) is 2.59. The lowest BCUT2D eigenvalue weighted by atomic mass is 10.1. The van der Waals surface area contributed by atoms with Gasteiger partial charge in [-0.05, 0) is 53.0 Å². The standard InChI is InChI=1S/C15H14BrN3O/c1-10(20)7-11-5-6-15-17-8-13(19(15)9-11)12-3-2-4-14(16)18-12/h2-6,8-10,20H,7H2,1H3. The van der Waals surface area contributed by atoms with Crippen LogP contribution >= 0.6 is 15.9 Å². The van der Waals surface area contributed by atoms with Crippen molar-refractivity contribution in [2.75, 3.05) is 0 Å². The lowest BCUT2D eigenvalue weighted by Crippen LogP contribution is -2.05. The molecule has 1 unspecified atom stereocenters. The van der Waals surface area contributed by atoms with Crippen LogP contribution in [0.3, 0.4) is 0 Å². The first kappa shape index (κ1) is 13.3. The number of imidazole rings is 1. The highest BCUT2D eigenvalue weighted by Gasteiger charge is 2.09. The first-order valence-corrected chi connectivity index (χ1v) is 7.20. The Kier molecular flexibility index (Phi) is 3.54. The molecule has 1 N–H and O–H groups in total. The number of hydrogen-bond donors (Lipinski definition) is 1. The average molecular weight is 332 g/mol. The van der Waals surface area contributed by atoms with Crippen LogP contribution in [0.1, 0.15) is 12.5 Å². The van der Waals surface area contributed by atoms with Gasteiger partial charge in [0.05, 0.1) is 23.7 Å². The van der Waals surface area contributed by atoms with E-state index in [9.17, 15) is 5.11 Å². The number of aromatic nitrogens is 3. The molecule has 20 heavy (non-hydrogen) atoms. The highest BCUT2D eigenvalue weighted by atomic mass is 79.9. The second-order valence-electron chi connectivity index (χ2n) is 4.81. The topological polar surface area (TPSA) is 50.4 Å². The highest BCUT2D eigenvalue weighted by Crippen LogP contribution is 2.21. The summed E-state index contributed by atoms with van der Waals surface area (Å²) in [6, 6.07) is 9.75. The molecule has 0 fully saturated rings. The molecule has 0 bridgehead atoms. The molecule has 0 aliphatic rings. The molecule has 0 aromatic carbocycles. The molecule has 0 saturated heterocycles. The van der Waals surface area contributed by atoms with Crippen LogP contribution in [-0.2, 0) is 6.42 Å². The van der Waals surface area contributed by atoms with Gasteiger partial charge in [0.15, 0.2) is 0 Å². The van der Waals surface area contributed by atoms with E-state index in [2.05, 4.69) is 25.9 Å². The maximum atomic E-state index is 9.51. The Bertz CT molecular complexity index is 752. The lowest BCUT2D eigenvalue weighted by Gasteiger charge is -2.07. The summed E-state index contributed by atoms with van der Waals surface area (Å²) < 4.78 is 2.80. The zero-order chi connectivity index (χ0) is 14.1. The van der Waals surface area contributed by atoms with E-state index in [1.54, 1.807) is 6.92 Å². The zero-order valence-electron chi connectivity index (χ0n) is 11.0. The van der Waals surface area contributed by atoms with Crippen molar-refractivity contribution in [2.24, 2.45) is 0 Å². The summed E-state index contributed by atoms with van der Waals surface area (Å²) in [5, 5.41) is 9.51. The zero-order valence-corrected chi connectivity index (χ0v) is 12.6. The Morgan fingerprint density at radius 1 is 1.30 bits per heavy atom. The van der Waals surface area contributed by atoms with Crippen LogP contribution < -0.4 is 0 Å². The Morgan fingerprint density at radius 3 is 2.90 bits per heavy atom. The molecule has 0 amide bonds. The van der Waals surface area contributed by atoms with Crippen molar-refractivity contribution < 1.29 is 5.11 Å². The maximum Gasteiger partial charge on any atom is 0.137 e. The first-order chi connectivity index (χ1) is 9.63. The number of nitrogens with zero attached hydrogens (tertiary/aromatic N) is 3. The Balaban J connectivity index is 2.11. The minimum atomic E-state index is -0.358. The number of halogens is 1. The van der Waals surface area contributed by atoms with Crippen molar-refractivity contribution in [3.05, 3.63) is 52.9 Å². The third-order valence-electron chi connectivity index (χ3n) is 3.08. The van der Waals surface area contributed by atoms with Crippen molar-refractivity contribution in [1.29, 1.82) is 0 Å². The number of fused-ring (bicyclic) bond motifs is 1. The Labute approximate surface area is 125 Å². The van der Waals surface area contributed by atoms with Crippen molar-refractivity contribution in [1.82, 2.24) is 14.4 Å². The lowest BCUT2D eigenvalue weighted by molar-refractivity contribution is 0.195. The van der Waals surface area contributed by atoms with Crippen molar-refractivity contribution in [3.63, 3.8) is 0 Å². The van der Waals surface area contributed by atoms with Gasteiger partial charge in [0.25, 0.3) is 0 Å². The van der Waals surface area contributed by atoms with E-state index >= 15 is 0 Å². The van der Waals surface area contributed by atoms with Crippen LogP contribution in [0.25, 0.3) is 17.0 Å². The number of aliphatic hydroxyl groups is 1. The fraction of sp³-hybridized carbons (Fsp3) is 0.200. The summed E-state index contributed by atoms with van der Waals surface area (Å²) >= 11 is 3.39. The molecular formula is C15H14BrN3O. The van der Waals surface area contributed by atoms with Gasteiger partial charge >= 0.3 is 0 Å². The van der Waals surface area contributed by atoms with E-state index in [0.717, 1.165) is 27.2 Å². The van der Waals surface area contributed by atoms with Crippen LogP contribution in [0.4, 0.5) is 0 Å².